The van der Waals surface area contributed by atoms with Gasteiger partial charge in [-0.15, -0.1) is 0 Å². The Morgan fingerprint density at radius 1 is 1.19 bits per heavy atom. The lowest BCUT2D eigenvalue weighted by Gasteiger charge is -2.59. The second-order valence-electron chi connectivity index (χ2n) is 7.63. The van der Waals surface area contributed by atoms with Gasteiger partial charge in [0.25, 0.3) is 0 Å². The molecule has 0 spiro atoms. The van der Waals surface area contributed by atoms with Gasteiger partial charge >= 0.3 is 0 Å². The molecule has 0 unspecified atom stereocenters. The molecule has 3 nitrogen and oxygen atoms in total. The maximum Gasteiger partial charge on any atom is 0.0759 e. The standard InChI is InChI=1S/C17H25BrN2O/c1-3-20-15(16(18)10(2)19-20)9-17(21)13-5-11-4-12(7-13)8-14(17)6-11/h11-14,21H,3-9H2,1-2H3. The van der Waals surface area contributed by atoms with Gasteiger partial charge in [0.1, 0.15) is 0 Å². The summed E-state index contributed by atoms with van der Waals surface area (Å²) in [5.74, 6) is 2.82. The van der Waals surface area contributed by atoms with Crippen molar-refractivity contribution in [2.75, 3.05) is 0 Å². The van der Waals surface area contributed by atoms with Crippen LogP contribution in [-0.4, -0.2) is 20.5 Å². The molecule has 1 N–H and O–H groups in total. The summed E-state index contributed by atoms with van der Waals surface area (Å²) in [6.07, 6.45) is 7.21. The van der Waals surface area contributed by atoms with Crippen molar-refractivity contribution in [1.82, 2.24) is 9.78 Å². The Morgan fingerprint density at radius 3 is 2.29 bits per heavy atom. The third-order valence-corrected chi connectivity index (χ3v) is 7.49. The van der Waals surface area contributed by atoms with Crippen molar-refractivity contribution in [2.45, 2.75) is 64.5 Å². The van der Waals surface area contributed by atoms with Crippen molar-refractivity contribution in [1.29, 1.82) is 0 Å². The van der Waals surface area contributed by atoms with E-state index >= 15 is 0 Å². The van der Waals surface area contributed by atoms with Gasteiger partial charge in [0.15, 0.2) is 0 Å². The molecule has 0 amide bonds. The quantitative estimate of drug-likeness (QED) is 0.900. The molecule has 1 aromatic rings. The van der Waals surface area contributed by atoms with Gasteiger partial charge in [0.2, 0.25) is 0 Å². The average Bonchev–Trinajstić information content (AvgIpc) is 2.72. The second kappa shape index (κ2) is 4.82. The van der Waals surface area contributed by atoms with Gasteiger partial charge in [-0.05, 0) is 85.6 Å². The van der Waals surface area contributed by atoms with E-state index in [1.165, 1.54) is 37.8 Å². The number of aryl methyl sites for hydroxylation is 2. The van der Waals surface area contributed by atoms with Crippen molar-refractivity contribution in [3.8, 4) is 0 Å². The first-order valence-corrected chi connectivity index (χ1v) is 9.24. The van der Waals surface area contributed by atoms with Crippen LogP contribution in [0.5, 0.6) is 0 Å². The minimum absolute atomic E-state index is 0.491. The predicted octanol–water partition coefficient (Wildman–Crippen LogP) is 3.70. The van der Waals surface area contributed by atoms with Gasteiger partial charge in [0.05, 0.1) is 21.5 Å². The third kappa shape index (κ3) is 2.05. The van der Waals surface area contributed by atoms with E-state index in [1.807, 2.05) is 6.92 Å². The summed E-state index contributed by atoms with van der Waals surface area (Å²) in [7, 11) is 0. The summed E-state index contributed by atoms with van der Waals surface area (Å²) < 4.78 is 3.18. The lowest BCUT2D eigenvalue weighted by molar-refractivity contribution is -0.172. The van der Waals surface area contributed by atoms with E-state index in [0.29, 0.717) is 11.8 Å². The molecule has 0 aliphatic heterocycles. The van der Waals surface area contributed by atoms with E-state index in [0.717, 1.165) is 35.0 Å². The van der Waals surface area contributed by atoms with Crippen LogP contribution < -0.4 is 0 Å². The highest BCUT2D eigenvalue weighted by atomic mass is 79.9. The van der Waals surface area contributed by atoms with E-state index < -0.39 is 5.60 Å². The smallest absolute Gasteiger partial charge is 0.0759 e. The molecule has 0 aromatic carbocycles. The van der Waals surface area contributed by atoms with Crippen LogP contribution in [0.1, 0.15) is 50.4 Å². The Bertz CT molecular complexity index is 537. The minimum atomic E-state index is -0.491. The lowest BCUT2D eigenvalue weighted by Crippen LogP contribution is -2.58. The van der Waals surface area contributed by atoms with E-state index in [9.17, 15) is 5.11 Å². The van der Waals surface area contributed by atoms with E-state index in [4.69, 9.17) is 0 Å². The number of hydrogen-bond donors (Lipinski definition) is 1. The van der Waals surface area contributed by atoms with Crippen molar-refractivity contribution in [3.63, 3.8) is 0 Å². The van der Waals surface area contributed by atoms with E-state index in [1.54, 1.807) is 0 Å². The van der Waals surface area contributed by atoms with Crippen molar-refractivity contribution in [2.24, 2.45) is 23.7 Å². The van der Waals surface area contributed by atoms with Crippen LogP contribution in [0.4, 0.5) is 0 Å². The van der Waals surface area contributed by atoms with Gasteiger partial charge in [-0.3, -0.25) is 4.68 Å². The predicted molar refractivity (Wildman–Crippen MR) is 86.0 cm³/mol. The van der Waals surface area contributed by atoms with Crippen LogP contribution in [0, 0.1) is 30.6 Å². The molecule has 4 bridgehead atoms. The number of halogens is 1. The summed E-state index contributed by atoms with van der Waals surface area (Å²) in [5, 5.41) is 16.1. The first kappa shape index (κ1) is 14.3. The zero-order valence-electron chi connectivity index (χ0n) is 13.0. The summed E-state index contributed by atoms with van der Waals surface area (Å²) in [5.41, 5.74) is 1.75. The lowest BCUT2D eigenvalue weighted by atomic mass is 9.49. The first-order valence-electron chi connectivity index (χ1n) is 8.45. The molecule has 5 rings (SSSR count). The van der Waals surface area contributed by atoms with Crippen LogP contribution >= 0.6 is 15.9 Å². The third-order valence-electron chi connectivity index (χ3n) is 6.46. The molecule has 4 heteroatoms. The molecule has 1 aromatic heterocycles. The Labute approximate surface area is 135 Å². The van der Waals surface area contributed by atoms with Crippen molar-refractivity contribution in [3.05, 3.63) is 15.9 Å². The van der Waals surface area contributed by atoms with Gasteiger partial charge in [-0.25, -0.2) is 0 Å². The van der Waals surface area contributed by atoms with Crippen LogP contribution in [-0.2, 0) is 13.0 Å². The summed E-state index contributed by atoms with van der Waals surface area (Å²) in [4.78, 5) is 0. The van der Waals surface area contributed by atoms with Crippen LogP contribution in [0.15, 0.2) is 4.47 Å². The zero-order chi connectivity index (χ0) is 14.8. The number of rotatable bonds is 3. The molecule has 0 atom stereocenters. The van der Waals surface area contributed by atoms with E-state index in [2.05, 4.69) is 32.6 Å². The zero-order valence-corrected chi connectivity index (χ0v) is 14.6. The number of aromatic nitrogens is 2. The van der Waals surface area contributed by atoms with Crippen molar-refractivity contribution >= 4 is 15.9 Å². The average molecular weight is 353 g/mol. The number of aliphatic hydroxyl groups is 1. The summed E-state index contributed by atoms with van der Waals surface area (Å²) in [6, 6.07) is 0. The summed E-state index contributed by atoms with van der Waals surface area (Å²) in [6.45, 7) is 5.04. The largest absolute Gasteiger partial charge is 0.389 e. The molecular formula is C17H25BrN2O. The van der Waals surface area contributed by atoms with Crippen LogP contribution in [0.25, 0.3) is 0 Å². The number of nitrogens with zero attached hydrogens (tertiary/aromatic N) is 2. The molecule has 4 aliphatic rings. The SMILES string of the molecule is CCn1nc(C)c(Br)c1CC1(O)C2CC3CC(C2)CC1C3. The molecule has 1 heterocycles. The Hall–Kier alpha value is -0.350. The maximum absolute atomic E-state index is 11.5. The highest BCUT2D eigenvalue weighted by molar-refractivity contribution is 9.10. The molecule has 116 valence electrons. The topological polar surface area (TPSA) is 38.0 Å². The van der Waals surface area contributed by atoms with Gasteiger partial charge < -0.3 is 5.11 Å². The highest BCUT2D eigenvalue weighted by Crippen LogP contribution is 2.59. The fourth-order valence-corrected chi connectivity index (χ4v) is 6.02. The minimum Gasteiger partial charge on any atom is -0.389 e. The molecule has 0 radical (unpaired) electrons. The fourth-order valence-electron chi connectivity index (χ4n) is 5.60. The van der Waals surface area contributed by atoms with Crippen LogP contribution in [0.2, 0.25) is 0 Å². The Balaban J connectivity index is 1.67. The van der Waals surface area contributed by atoms with Gasteiger partial charge in [-0.1, -0.05) is 0 Å². The fraction of sp³-hybridized carbons (Fsp3) is 0.824. The Morgan fingerprint density at radius 2 is 1.76 bits per heavy atom. The normalized spacial score (nSPS) is 41.0. The molecule has 4 fully saturated rings. The van der Waals surface area contributed by atoms with E-state index in [-0.39, 0.29) is 0 Å². The monoisotopic (exact) mass is 352 g/mol. The summed E-state index contributed by atoms with van der Waals surface area (Å²) >= 11 is 3.70. The molecule has 0 saturated heterocycles. The number of hydrogen-bond acceptors (Lipinski definition) is 2. The Kier molecular flexibility index (Phi) is 3.27. The van der Waals surface area contributed by atoms with Crippen molar-refractivity contribution < 1.29 is 5.11 Å². The highest BCUT2D eigenvalue weighted by Gasteiger charge is 2.56. The molecular weight excluding hydrogens is 328 g/mol. The first-order chi connectivity index (χ1) is 10.0. The van der Waals surface area contributed by atoms with Gasteiger partial charge in [-0.2, -0.15) is 5.10 Å². The molecule has 4 aliphatic carbocycles. The molecule has 21 heavy (non-hydrogen) atoms. The van der Waals surface area contributed by atoms with Crippen LogP contribution in [0.3, 0.4) is 0 Å². The molecule has 4 saturated carbocycles. The second-order valence-corrected chi connectivity index (χ2v) is 8.43. The van der Waals surface area contributed by atoms with Gasteiger partial charge in [0, 0.05) is 13.0 Å². The maximum atomic E-state index is 11.5.